The largest absolute Gasteiger partial charge is 0.340 e. The van der Waals surface area contributed by atoms with E-state index in [-0.39, 0.29) is 6.04 Å². The highest BCUT2D eigenvalue weighted by Gasteiger charge is 2.42. The molecular formula is C24H48N2O2. The van der Waals surface area contributed by atoms with Crippen molar-refractivity contribution in [2.24, 2.45) is 0 Å². The van der Waals surface area contributed by atoms with Crippen LogP contribution in [0, 0.1) is 0 Å². The van der Waals surface area contributed by atoms with Crippen molar-refractivity contribution in [3.63, 3.8) is 0 Å². The Kier molecular flexibility index (Phi) is 12.0. The van der Waals surface area contributed by atoms with Gasteiger partial charge < -0.3 is 14.8 Å². The molecule has 0 aromatic carbocycles. The Hall–Kier alpha value is -0.160. The van der Waals surface area contributed by atoms with Gasteiger partial charge in [0.05, 0.1) is 6.04 Å². The van der Waals surface area contributed by atoms with Crippen LogP contribution in [0.5, 0.6) is 0 Å². The molecule has 0 aliphatic heterocycles. The first-order valence-corrected chi connectivity index (χ1v) is 12.4. The summed E-state index contributed by atoms with van der Waals surface area (Å²) in [5.41, 5.74) is 0. The minimum Gasteiger partial charge on any atom is -0.340 e. The standard InChI is InChI=1S/C24H48N2O2/c1-4-5-6-7-8-15-20-23(25-21-16-11-9-12-17-21)24(27-2,28-3)26-22-18-13-10-14-19-22/h21-23,25-26H,4-20H2,1-3H3. The lowest BCUT2D eigenvalue weighted by Crippen LogP contribution is -2.66. The molecule has 28 heavy (non-hydrogen) atoms. The minimum absolute atomic E-state index is 0.207. The third kappa shape index (κ3) is 7.93. The Balaban J connectivity index is 1.98. The summed E-state index contributed by atoms with van der Waals surface area (Å²) in [5.74, 6) is -0.705. The topological polar surface area (TPSA) is 42.5 Å². The van der Waals surface area contributed by atoms with Crippen molar-refractivity contribution in [1.29, 1.82) is 0 Å². The van der Waals surface area contributed by atoms with E-state index in [1.165, 1.54) is 103 Å². The SMILES string of the molecule is CCCCCCCCC(NC1CCCCC1)C(NC1CCCCC1)(OC)OC. The molecule has 0 spiro atoms. The lowest BCUT2D eigenvalue weighted by molar-refractivity contribution is -0.254. The average molecular weight is 397 g/mol. The van der Waals surface area contributed by atoms with Crippen molar-refractivity contribution in [3.05, 3.63) is 0 Å². The molecule has 2 fully saturated rings. The third-order valence-electron chi connectivity index (χ3n) is 6.96. The quantitative estimate of drug-likeness (QED) is 0.283. The molecule has 2 rings (SSSR count). The maximum Gasteiger partial charge on any atom is 0.243 e. The lowest BCUT2D eigenvalue weighted by Gasteiger charge is -2.44. The van der Waals surface area contributed by atoms with Gasteiger partial charge in [-0.2, -0.15) is 0 Å². The lowest BCUT2D eigenvalue weighted by atomic mass is 9.92. The summed E-state index contributed by atoms with van der Waals surface area (Å²) in [7, 11) is 3.63. The first-order chi connectivity index (χ1) is 13.7. The highest BCUT2D eigenvalue weighted by Crippen LogP contribution is 2.27. The molecular weight excluding hydrogens is 348 g/mol. The van der Waals surface area contributed by atoms with Gasteiger partial charge in [-0.15, -0.1) is 0 Å². The molecule has 0 amide bonds. The van der Waals surface area contributed by atoms with E-state index in [1.807, 2.05) is 14.2 Å². The van der Waals surface area contributed by atoms with Crippen molar-refractivity contribution in [2.75, 3.05) is 14.2 Å². The van der Waals surface area contributed by atoms with E-state index in [0.29, 0.717) is 12.1 Å². The monoisotopic (exact) mass is 396 g/mol. The number of ether oxygens (including phenoxy) is 2. The summed E-state index contributed by atoms with van der Waals surface area (Å²) < 4.78 is 12.2. The highest BCUT2D eigenvalue weighted by molar-refractivity contribution is 4.90. The Morgan fingerprint density at radius 1 is 0.750 bits per heavy atom. The molecule has 0 aromatic rings. The summed E-state index contributed by atoms with van der Waals surface area (Å²) in [6.45, 7) is 2.28. The molecule has 0 bridgehead atoms. The molecule has 0 radical (unpaired) electrons. The van der Waals surface area contributed by atoms with Crippen molar-refractivity contribution in [1.82, 2.24) is 10.6 Å². The van der Waals surface area contributed by atoms with E-state index in [2.05, 4.69) is 17.6 Å². The highest BCUT2D eigenvalue weighted by atomic mass is 16.7. The molecule has 2 aliphatic rings. The van der Waals surface area contributed by atoms with Crippen molar-refractivity contribution in [3.8, 4) is 0 Å². The second-order valence-electron chi connectivity index (χ2n) is 9.17. The van der Waals surface area contributed by atoms with Crippen molar-refractivity contribution in [2.45, 2.75) is 140 Å². The Labute approximate surface area is 174 Å². The predicted octanol–water partition coefficient (Wildman–Crippen LogP) is 5.90. The fourth-order valence-corrected chi connectivity index (χ4v) is 5.18. The van der Waals surface area contributed by atoms with Crippen molar-refractivity contribution >= 4 is 0 Å². The van der Waals surface area contributed by atoms with Crippen LogP contribution in [0.25, 0.3) is 0 Å². The van der Waals surface area contributed by atoms with E-state index >= 15 is 0 Å². The average Bonchev–Trinajstić information content (AvgIpc) is 2.75. The summed E-state index contributed by atoms with van der Waals surface area (Å²) in [5, 5.41) is 7.79. The summed E-state index contributed by atoms with van der Waals surface area (Å²) in [6.07, 6.45) is 22.2. The number of methoxy groups -OCH3 is 2. The maximum atomic E-state index is 6.09. The molecule has 1 unspecified atom stereocenters. The molecule has 0 saturated heterocycles. The Morgan fingerprint density at radius 2 is 1.29 bits per heavy atom. The zero-order chi connectivity index (χ0) is 20.1. The van der Waals surface area contributed by atoms with Gasteiger partial charge in [0.2, 0.25) is 5.91 Å². The van der Waals surface area contributed by atoms with Gasteiger partial charge in [-0.3, -0.25) is 5.32 Å². The molecule has 4 nitrogen and oxygen atoms in total. The van der Waals surface area contributed by atoms with Crippen LogP contribution < -0.4 is 10.6 Å². The van der Waals surface area contributed by atoms with Gasteiger partial charge in [-0.1, -0.05) is 84.0 Å². The van der Waals surface area contributed by atoms with Gasteiger partial charge in [-0.05, 0) is 32.1 Å². The first-order valence-electron chi connectivity index (χ1n) is 12.4. The number of hydrogen-bond donors (Lipinski definition) is 2. The molecule has 2 saturated carbocycles. The van der Waals surface area contributed by atoms with Gasteiger partial charge in [0.25, 0.3) is 0 Å². The van der Waals surface area contributed by atoms with Crippen molar-refractivity contribution < 1.29 is 9.47 Å². The van der Waals surface area contributed by atoms with Gasteiger partial charge in [0.15, 0.2) is 0 Å². The number of rotatable bonds is 14. The van der Waals surface area contributed by atoms with Gasteiger partial charge in [0.1, 0.15) is 0 Å². The van der Waals surface area contributed by atoms with Crippen LogP contribution in [0.1, 0.15) is 116 Å². The molecule has 1 atom stereocenters. The van der Waals surface area contributed by atoms with Crippen LogP contribution >= 0.6 is 0 Å². The van der Waals surface area contributed by atoms with E-state index in [4.69, 9.17) is 9.47 Å². The molecule has 0 heterocycles. The van der Waals surface area contributed by atoms with Gasteiger partial charge >= 0.3 is 0 Å². The minimum atomic E-state index is -0.705. The van der Waals surface area contributed by atoms with Crippen LogP contribution in [0.2, 0.25) is 0 Å². The van der Waals surface area contributed by atoms with E-state index in [9.17, 15) is 0 Å². The smallest absolute Gasteiger partial charge is 0.243 e. The van der Waals surface area contributed by atoms with E-state index in [0.717, 1.165) is 6.42 Å². The summed E-state index contributed by atoms with van der Waals surface area (Å²) >= 11 is 0. The first kappa shape index (κ1) is 24.1. The van der Waals surface area contributed by atoms with E-state index in [1.54, 1.807) is 0 Å². The molecule has 4 heteroatoms. The molecule has 166 valence electrons. The normalized spacial score (nSPS) is 21.1. The number of unbranched alkanes of at least 4 members (excludes halogenated alkanes) is 5. The molecule has 2 aliphatic carbocycles. The number of hydrogen-bond acceptors (Lipinski definition) is 4. The van der Waals surface area contributed by atoms with E-state index < -0.39 is 5.91 Å². The zero-order valence-electron chi connectivity index (χ0n) is 19.1. The Morgan fingerprint density at radius 3 is 1.86 bits per heavy atom. The van der Waals surface area contributed by atoms with Gasteiger partial charge in [0, 0.05) is 26.3 Å². The zero-order valence-corrected chi connectivity index (χ0v) is 19.1. The van der Waals surface area contributed by atoms with Crippen LogP contribution in [0.3, 0.4) is 0 Å². The Bertz CT molecular complexity index is 375. The summed E-state index contributed by atoms with van der Waals surface area (Å²) in [6, 6.07) is 1.32. The maximum absolute atomic E-state index is 6.09. The predicted molar refractivity (Wildman–Crippen MR) is 119 cm³/mol. The second kappa shape index (κ2) is 14.0. The number of nitrogens with one attached hydrogen (secondary N) is 2. The second-order valence-corrected chi connectivity index (χ2v) is 9.17. The van der Waals surface area contributed by atoms with Gasteiger partial charge in [-0.25, -0.2) is 0 Å². The fraction of sp³-hybridized carbons (Fsp3) is 1.00. The third-order valence-corrected chi connectivity index (χ3v) is 6.96. The van der Waals surface area contributed by atoms with Crippen LogP contribution in [0.15, 0.2) is 0 Å². The van der Waals surface area contributed by atoms with Crippen LogP contribution in [0.4, 0.5) is 0 Å². The summed E-state index contributed by atoms with van der Waals surface area (Å²) in [4.78, 5) is 0. The van der Waals surface area contributed by atoms with Crippen LogP contribution in [-0.2, 0) is 9.47 Å². The molecule has 2 N–H and O–H groups in total. The van der Waals surface area contributed by atoms with Crippen LogP contribution in [-0.4, -0.2) is 38.3 Å². The fourth-order valence-electron chi connectivity index (χ4n) is 5.18. The molecule has 0 aromatic heterocycles.